The summed E-state index contributed by atoms with van der Waals surface area (Å²) >= 11 is 0. The standard InChI is InChI=1S/C11H20N4O2/c1-4-9-13-10(15-12)6-11(14-9)17-8(3)7-16-5-2/h6,8H,4-5,7,12H2,1-3H3,(H,13,14,15). The van der Waals surface area contributed by atoms with Crippen LogP contribution in [0.4, 0.5) is 5.82 Å². The van der Waals surface area contributed by atoms with Gasteiger partial charge in [-0.05, 0) is 13.8 Å². The fraction of sp³-hybridized carbons (Fsp3) is 0.636. The number of ether oxygens (including phenoxy) is 2. The monoisotopic (exact) mass is 240 g/mol. The van der Waals surface area contributed by atoms with Crippen LogP contribution in [0.15, 0.2) is 6.07 Å². The molecule has 1 aromatic heterocycles. The van der Waals surface area contributed by atoms with Gasteiger partial charge in [0.05, 0.1) is 6.61 Å². The number of nitrogens with two attached hydrogens (primary N) is 1. The molecule has 0 saturated carbocycles. The second-order valence-electron chi connectivity index (χ2n) is 3.59. The van der Waals surface area contributed by atoms with Crippen LogP contribution < -0.4 is 16.0 Å². The molecular formula is C11H20N4O2. The smallest absolute Gasteiger partial charge is 0.219 e. The van der Waals surface area contributed by atoms with Gasteiger partial charge in [0.1, 0.15) is 17.7 Å². The molecule has 0 aromatic carbocycles. The third-order valence-electron chi connectivity index (χ3n) is 2.09. The summed E-state index contributed by atoms with van der Waals surface area (Å²) in [6, 6.07) is 1.67. The molecule has 0 aliphatic carbocycles. The van der Waals surface area contributed by atoms with Crippen LogP contribution in [-0.2, 0) is 11.2 Å². The van der Waals surface area contributed by atoms with E-state index in [2.05, 4.69) is 15.4 Å². The molecule has 0 aliphatic rings. The van der Waals surface area contributed by atoms with Gasteiger partial charge in [-0.3, -0.25) is 0 Å². The number of nitrogens with zero attached hydrogens (tertiary/aromatic N) is 2. The van der Waals surface area contributed by atoms with E-state index in [4.69, 9.17) is 15.3 Å². The molecule has 1 aromatic rings. The molecule has 6 heteroatoms. The molecule has 3 N–H and O–H groups in total. The highest BCUT2D eigenvalue weighted by Crippen LogP contribution is 2.14. The predicted octanol–water partition coefficient (Wildman–Crippen LogP) is 1.13. The van der Waals surface area contributed by atoms with Gasteiger partial charge >= 0.3 is 0 Å². The molecule has 0 fully saturated rings. The molecule has 1 unspecified atom stereocenters. The van der Waals surface area contributed by atoms with Gasteiger partial charge in [-0.2, -0.15) is 4.98 Å². The lowest BCUT2D eigenvalue weighted by atomic mass is 10.4. The number of hydrogen-bond donors (Lipinski definition) is 2. The number of anilines is 1. The maximum absolute atomic E-state index is 5.63. The molecule has 0 aliphatic heterocycles. The van der Waals surface area contributed by atoms with Crippen LogP contribution in [0.1, 0.15) is 26.6 Å². The van der Waals surface area contributed by atoms with Gasteiger partial charge in [0.15, 0.2) is 0 Å². The number of nitrogens with one attached hydrogen (secondary N) is 1. The van der Waals surface area contributed by atoms with Crippen molar-refractivity contribution >= 4 is 5.82 Å². The Kier molecular flexibility index (Phi) is 5.65. The van der Waals surface area contributed by atoms with Gasteiger partial charge in [-0.15, -0.1) is 0 Å². The Labute approximate surface area is 102 Å². The van der Waals surface area contributed by atoms with Crippen molar-refractivity contribution in [3.8, 4) is 5.88 Å². The maximum Gasteiger partial charge on any atom is 0.219 e. The number of aromatic nitrogens is 2. The van der Waals surface area contributed by atoms with E-state index in [0.717, 1.165) is 6.42 Å². The number of nitrogen functional groups attached to an aromatic ring is 1. The molecular weight excluding hydrogens is 220 g/mol. The topological polar surface area (TPSA) is 82.3 Å². The Morgan fingerprint density at radius 1 is 1.41 bits per heavy atom. The third-order valence-corrected chi connectivity index (χ3v) is 2.09. The third kappa shape index (κ3) is 4.54. The molecule has 0 saturated heterocycles. The van der Waals surface area contributed by atoms with E-state index in [-0.39, 0.29) is 6.10 Å². The van der Waals surface area contributed by atoms with Crippen molar-refractivity contribution in [1.82, 2.24) is 9.97 Å². The predicted molar refractivity (Wildman–Crippen MR) is 65.8 cm³/mol. The average molecular weight is 240 g/mol. The summed E-state index contributed by atoms with van der Waals surface area (Å²) in [5, 5.41) is 0. The quantitative estimate of drug-likeness (QED) is 0.549. The van der Waals surface area contributed by atoms with Crippen molar-refractivity contribution < 1.29 is 9.47 Å². The van der Waals surface area contributed by atoms with Gasteiger partial charge in [0.2, 0.25) is 5.88 Å². The zero-order valence-electron chi connectivity index (χ0n) is 10.6. The first-order chi connectivity index (χ1) is 8.19. The molecule has 1 rings (SSSR count). The second kappa shape index (κ2) is 7.03. The first-order valence-corrected chi connectivity index (χ1v) is 5.78. The summed E-state index contributed by atoms with van der Waals surface area (Å²) in [6.45, 7) is 7.06. The van der Waals surface area contributed by atoms with Crippen molar-refractivity contribution in [3.63, 3.8) is 0 Å². The second-order valence-corrected chi connectivity index (χ2v) is 3.59. The average Bonchev–Trinajstić information content (AvgIpc) is 2.35. The number of rotatable bonds is 7. The van der Waals surface area contributed by atoms with E-state index in [1.807, 2.05) is 20.8 Å². The van der Waals surface area contributed by atoms with E-state index in [1.165, 1.54) is 0 Å². The van der Waals surface area contributed by atoms with Crippen molar-refractivity contribution in [1.29, 1.82) is 0 Å². The van der Waals surface area contributed by atoms with E-state index < -0.39 is 0 Å². The van der Waals surface area contributed by atoms with Crippen molar-refractivity contribution in [3.05, 3.63) is 11.9 Å². The lowest BCUT2D eigenvalue weighted by Crippen LogP contribution is -2.20. The zero-order chi connectivity index (χ0) is 12.7. The lowest BCUT2D eigenvalue weighted by Gasteiger charge is -2.14. The van der Waals surface area contributed by atoms with Gasteiger partial charge in [0, 0.05) is 19.1 Å². The molecule has 17 heavy (non-hydrogen) atoms. The van der Waals surface area contributed by atoms with Crippen LogP contribution >= 0.6 is 0 Å². The van der Waals surface area contributed by atoms with Gasteiger partial charge in [-0.25, -0.2) is 10.8 Å². The fourth-order valence-electron chi connectivity index (χ4n) is 1.29. The molecule has 0 spiro atoms. The van der Waals surface area contributed by atoms with E-state index in [1.54, 1.807) is 6.07 Å². The summed E-state index contributed by atoms with van der Waals surface area (Å²) in [4.78, 5) is 8.44. The summed E-state index contributed by atoms with van der Waals surface area (Å²) in [7, 11) is 0. The van der Waals surface area contributed by atoms with Crippen LogP contribution in [0.2, 0.25) is 0 Å². The number of hydrazine groups is 1. The number of aryl methyl sites for hydroxylation is 1. The van der Waals surface area contributed by atoms with Crippen LogP contribution in [0.25, 0.3) is 0 Å². The number of hydrogen-bond acceptors (Lipinski definition) is 6. The first kappa shape index (κ1) is 13.7. The Hall–Kier alpha value is -1.40. The van der Waals surface area contributed by atoms with Crippen molar-refractivity contribution in [2.45, 2.75) is 33.3 Å². The van der Waals surface area contributed by atoms with Gasteiger partial charge in [-0.1, -0.05) is 6.92 Å². The molecule has 0 bridgehead atoms. The minimum absolute atomic E-state index is 0.0554. The fourth-order valence-corrected chi connectivity index (χ4v) is 1.29. The highest BCUT2D eigenvalue weighted by atomic mass is 16.5. The molecule has 1 heterocycles. The van der Waals surface area contributed by atoms with E-state index in [9.17, 15) is 0 Å². The Morgan fingerprint density at radius 3 is 2.76 bits per heavy atom. The SMILES string of the molecule is CCOCC(C)Oc1cc(NN)nc(CC)n1. The minimum Gasteiger partial charge on any atom is -0.472 e. The first-order valence-electron chi connectivity index (χ1n) is 5.78. The molecule has 1 atom stereocenters. The minimum atomic E-state index is -0.0554. The maximum atomic E-state index is 5.63. The molecule has 0 radical (unpaired) electrons. The Balaban J connectivity index is 2.68. The summed E-state index contributed by atoms with van der Waals surface area (Å²) in [5.74, 6) is 7.09. The molecule has 6 nitrogen and oxygen atoms in total. The van der Waals surface area contributed by atoms with Crippen LogP contribution in [0, 0.1) is 0 Å². The Bertz CT molecular complexity index is 324. The lowest BCUT2D eigenvalue weighted by molar-refractivity contribution is 0.0632. The van der Waals surface area contributed by atoms with Crippen LogP contribution in [0.5, 0.6) is 5.88 Å². The Morgan fingerprint density at radius 2 is 2.18 bits per heavy atom. The highest BCUT2D eigenvalue weighted by Gasteiger charge is 2.08. The van der Waals surface area contributed by atoms with E-state index >= 15 is 0 Å². The van der Waals surface area contributed by atoms with Gasteiger partial charge < -0.3 is 14.9 Å². The van der Waals surface area contributed by atoms with Crippen LogP contribution in [-0.4, -0.2) is 29.3 Å². The summed E-state index contributed by atoms with van der Waals surface area (Å²) < 4.78 is 10.9. The van der Waals surface area contributed by atoms with Crippen molar-refractivity contribution in [2.75, 3.05) is 18.6 Å². The van der Waals surface area contributed by atoms with Crippen molar-refractivity contribution in [2.24, 2.45) is 5.84 Å². The normalized spacial score (nSPS) is 12.2. The highest BCUT2D eigenvalue weighted by molar-refractivity contribution is 5.37. The molecule has 96 valence electrons. The largest absolute Gasteiger partial charge is 0.472 e. The molecule has 0 amide bonds. The van der Waals surface area contributed by atoms with Crippen LogP contribution in [0.3, 0.4) is 0 Å². The summed E-state index contributed by atoms with van der Waals surface area (Å²) in [5.41, 5.74) is 2.50. The van der Waals surface area contributed by atoms with E-state index in [0.29, 0.717) is 30.7 Å². The zero-order valence-corrected chi connectivity index (χ0v) is 10.6. The summed E-state index contributed by atoms with van der Waals surface area (Å²) in [6.07, 6.45) is 0.673. The van der Waals surface area contributed by atoms with Gasteiger partial charge in [0.25, 0.3) is 0 Å².